The van der Waals surface area contributed by atoms with Crippen LogP contribution in [-0.4, -0.2) is 19.7 Å². The molecule has 3 nitrogen and oxygen atoms in total. The highest BCUT2D eigenvalue weighted by Crippen LogP contribution is 2.27. The molecule has 1 aromatic rings. The third kappa shape index (κ3) is 3.73. The van der Waals surface area contributed by atoms with E-state index in [9.17, 15) is 4.79 Å². The van der Waals surface area contributed by atoms with Gasteiger partial charge < -0.3 is 9.47 Å². The number of esters is 1. The van der Waals surface area contributed by atoms with Crippen LogP contribution in [0.1, 0.15) is 23.6 Å². The SMILES string of the molecule is CCOC(=O)Cc1cc(C)cc(OC)c1CBr. The number of rotatable bonds is 5. The Balaban J connectivity index is 3.04. The van der Waals surface area contributed by atoms with E-state index in [0.717, 1.165) is 22.4 Å². The minimum atomic E-state index is -0.206. The van der Waals surface area contributed by atoms with E-state index < -0.39 is 0 Å². The molecule has 0 amide bonds. The van der Waals surface area contributed by atoms with Crippen molar-refractivity contribution in [1.29, 1.82) is 0 Å². The van der Waals surface area contributed by atoms with E-state index in [4.69, 9.17) is 9.47 Å². The number of ether oxygens (including phenoxy) is 2. The number of hydrogen-bond acceptors (Lipinski definition) is 3. The van der Waals surface area contributed by atoms with E-state index in [-0.39, 0.29) is 12.4 Å². The van der Waals surface area contributed by atoms with Crippen LogP contribution in [0.15, 0.2) is 12.1 Å². The molecule has 4 heteroatoms. The van der Waals surface area contributed by atoms with Crippen LogP contribution in [-0.2, 0) is 21.3 Å². The van der Waals surface area contributed by atoms with Crippen molar-refractivity contribution in [2.45, 2.75) is 25.6 Å². The molecule has 0 aliphatic heterocycles. The topological polar surface area (TPSA) is 35.5 Å². The van der Waals surface area contributed by atoms with Crippen molar-refractivity contribution < 1.29 is 14.3 Å². The Bertz CT molecular complexity index is 402. The van der Waals surface area contributed by atoms with E-state index in [2.05, 4.69) is 15.9 Å². The summed E-state index contributed by atoms with van der Waals surface area (Å²) >= 11 is 3.42. The Labute approximate surface area is 110 Å². The molecular weight excluding hydrogens is 284 g/mol. The van der Waals surface area contributed by atoms with Gasteiger partial charge in [0, 0.05) is 10.9 Å². The van der Waals surface area contributed by atoms with E-state index in [1.165, 1.54) is 0 Å². The number of alkyl halides is 1. The largest absolute Gasteiger partial charge is 0.496 e. The highest BCUT2D eigenvalue weighted by Gasteiger charge is 2.13. The Morgan fingerprint density at radius 2 is 2.12 bits per heavy atom. The van der Waals surface area contributed by atoms with Crippen LogP contribution in [0.3, 0.4) is 0 Å². The van der Waals surface area contributed by atoms with Crippen molar-refractivity contribution in [3.8, 4) is 5.75 Å². The second-order valence-electron chi connectivity index (χ2n) is 3.72. The monoisotopic (exact) mass is 300 g/mol. The van der Waals surface area contributed by atoms with Gasteiger partial charge in [-0.2, -0.15) is 0 Å². The molecule has 0 saturated carbocycles. The molecule has 0 radical (unpaired) electrons. The fourth-order valence-corrected chi connectivity index (χ4v) is 2.35. The molecule has 0 spiro atoms. The third-order valence-corrected chi connectivity index (χ3v) is 3.00. The van der Waals surface area contributed by atoms with Crippen molar-refractivity contribution >= 4 is 21.9 Å². The predicted octanol–water partition coefficient (Wildman–Crippen LogP) is 3.00. The van der Waals surface area contributed by atoms with Crippen LogP contribution >= 0.6 is 15.9 Å². The minimum Gasteiger partial charge on any atom is -0.496 e. The van der Waals surface area contributed by atoms with E-state index in [0.29, 0.717) is 11.9 Å². The molecule has 0 aliphatic carbocycles. The van der Waals surface area contributed by atoms with Crippen molar-refractivity contribution in [2.75, 3.05) is 13.7 Å². The number of methoxy groups -OCH3 is 1. The van der Waals surface area contributed by atoms with Gasteiger partial charge in [-0.05, 0) is 31.0 Å². The summed E-state index contributed by atoms with van der Waals surface area (Å²) in [5.41, 5.74) is 3.04. The van der Waals surface area contributed by atoms with Crippen LogP contribution in [0, 0.1) is 6.92 Å². The van der Waals surface area contributed by atoms with Crippen molar-refractivity contribution in [1.82, 2.24) is 0 Å². The summed E-state index contributed by atoms with van der Waals surface area (Å²) in [6.07, 6.45) is 0.285. The molecule has 0 unspecified atom stereocenters. The molecule has 0 bridgehead atoms. The summed E-state index contributed by atoms with van der Waals surface area (Å²) in [5, 5.41) is 0.658. The first-order valence-electron chi connectivity index (χ1n) is 5.50. The maximum atomic E-state index is 11.5. The Morgan fingerprint density at radius 1 is 1.41 bits per heavy atom. The summed E-state index contributed by atoms with van der Waals surface area (Å²) in [6.45, 7) is 4.20. The van der Waals surface area contributed by atoms with Gasteiger partial charge in [0.05, 0.1) is 20.1 Å². The summed E-state index contributed by atoms with van der Waals surface area (Å²) in [7, 11) is 1.63. The fourth-order valence-electron chi connectivity index (χ4n) is 1.71. The number of benzene rings is 1. The smallest absolute Gasteiger partial charge is 0.310 e. The quantitative estimate of drug-likeness (QED) is 0.619. The molecule has 0 fully saturated rings. The molecule has 0 aromatic heterocycles. The van der Waals surface area contributed by atoms with E-state index in [1.807, 2.05) is 19.1 Å². The lowest BCUT2D eigenvalue weighted by Crippen LogP contribution is -2.10. The van der Waals surface area contributed by atoms with Gasteiger partial charge in [0.1, 0.15) is 5.75 Å². The Hall–Kier alpha value is -1.03. The van der Waals surface area contributed by atoms with Crippen LogP contribution in [0.25, 0.3) is 0 Å². The first-order chi connectivity index (χ1) is 8.12. The van der Waals surface area contributed by atoms with Crippen molar-refractivity contribution in [3.63, 3.8) is 0 Å². The van der Waals surface area contributed by atoms with Gasteiger partial charge >= 0.3 is 5.97 Å². The van der Waals surface area contributed by atoms with Crippen molar-refractivity contribution in [3.05, 3.63) is 28.8 Å². The number of carbonyl (C=O) groups is 1. The van der Waals surface area contributed by atoms with Crippen LogP contribution < -0.4 is 4.74 Å². The summed E-state index contributed by atoms with van der Waals surface area (Å²) in [5.74, 6) is 0.600. The third-order valence-electron chi connectivity index (χ3n) is 2.44. The average Bonchev–Trinajstić information content (AvgIpc) is 2.28. The molecule has 0 atom stereocenters. The normalized spacial score (nSPS) is 10.1. The zero-order chi connectivity index (χ0) is 12.8. The highest BCUT2D eigenvalue weighted by atomic mass is 79.9. The summed E-state index contributed by atoms with van der Waals surface area (Å²) in [4.78, 5) is 11.5. The molecule has 1 aromatic carbocycles. The average molecular weight is 301 g/mol. The molecule has 0 heterocycles. The number of hydrogen-bond donors (Lipinski definition) is 0. The van der Waals surface area contributed by atoms with Crippen LogP contribution in [0.2, 0.25) is 0 Å². The first-order valence-corrected chi connectivity index (χ1v) is 6.62. The number of carbonyl (C=O) groups excluding carboxylic acids is 1. The second kappa shape index (κ2) is 6.64. The van der Waals surface area contributed by atoms with Gasteiger partial charge in [-0.1, -0.05) is 22.0 Å². The zero-order valence-electron chi connectivity index (χ0n) is 10.4. The lowest BCUT2D eigenvalue weighted by Gasteiger charge is -2.13. The van der Waals surface area contributed by atoms with Gasteiger partial charge in [0.15, 0.2) is 0 Å². The molecule has 0 saturated heterocycles. The minimum absolute atomic E-state index is 0.206. The van der Waals surface area contributed by atoms with Gasteiger partial charge in [0.25, 0.3) is 0 Å². The molecular formula is C13H17BrO3. The Kier molecular flexibility index (Phi) is 5.48. The maximum Gasteiger partial charge on any atom is 0.310 e. The maximum absolute atomic E-state index is 11.5. The second-order valence-corrected chi connectivity index (χ2v) is 4.28. The van der Waals surface area contributed by atoms with E-state index >= 15 is 0 Å². The molecule has 1 rings (SSSR count). The van der Waals surface area contributed by atoms with Gasteiger partial charge in [-0.15, -0.1) is 0 Å². The lowest BCUT2D eigenvalue weighted by atomic mass is 10.0. The number of halogens is 1. The summed E-state index contributed by atoms with van der Waals surface area (Å²) < 4.78 is 10.3. The van der Waals surface area contributed by atoms with Gasteiger partial charge in [-0.3, -0.25) is 4.79 Å². The lowest BCUT2D eigenvalue weighted by molar-refractivity contribution is -0.142. The predicted molar refractivity (Wildman–Crippen MR) is 70.7 cm³/mol. The summed E-state index contributed by atoms with van der Waals surface area (Å²) in [6, 6.07) is 3.96. The molecule has 0 N–H and O–H groups in total. The first kappa shape index (κ1) is 14.0. The zero-order valence-corrected chi connectivity index (χ0v) is 12.0. The van der Waals surface area contributed by atoms with Crippen LogP contribution in [0.5, 0.6) is 5.75 Å². The molecule has 94 valence electrons. The molecule has 17 heavy (non-hydrogen) atoms. The standard InChI is InChI=1S/C13H17BrO3/c1-4-17-13(15)7-10-5-9(2)6-12(16-3)11(10)8-14/h5-6H,4,7-8H2,1-3H3. The van der Waals surface area contributed by atoms with Crippen molar-refractivity contribution in [2.24, 2.45) is 0 Å². The van der Waals surface area contributed by atoms with Crippen LogP contribution in [0.4, 0.5) is 0 Å². The number of aryl methyl sites for hydroxylation is 1. The van der Waals surface area contributed by atoms with Gasteiger partial charge in [-0.25, -0.2) is 0 Å². The highest BCUT2D eigenvalue weighted by molar-refractivity contribution is 9.08. The Morgan fingerprint density at radius 3 is 2.65 bits per heavy atom. The van der Waals surface area contributed by atoms with Gasteiger partial charge in [0.2, 0.25) is 0 Å². The molecule has 0 aliphatic rings. The fraction of sp³-hybridized carbons (Fsp3) is 0.462. The van der Waals surface area contributed by atoms with E-state index in [1.54, 1.807) is 14.0 Å².